The molecule has 2 aliphatic rings. The summed E-state index contributed by atoms with van der Waals surface area (Å²) in [5.41, 5.74) is 4.60. The van der Waals surface area contributed by atoms with Crippen molar-refractivity contribution in [1.29, 1.82) is 0 Å². The molecule has 2 aromatic heterocycles. The molecular weight excluding hydrogens is 768 g/mol. The first-order chi connectivity index (χ1) is 26.8. The van der Waals surface area contributed by atoms with Gasteiger partial charge in [-0.25, -0.2) is 0 Å². The maximum absolute atomic E-state index is 13.1. The van der Waals surface area contributed by atoms with Gasteiger partial charge in [-0.3, -0.25) is 4.90 Å². The Morgan fingerprint density at radius 1 is 0.500 bits per heavy atom. The summed E-state index contributed by atoms with van der Waals surface area (Å²) in [7, 11) is -7.43. The van der Waals surface area contributed by atoms with Crippen LogP contribution in [-0.4, -0.2) is 92.5 Å². The van der Waals surface area contributed by atoms with Crippen LogP contribution < -0.4 is 15.1 Å². The van der Waals surface area contributed by atoms with Gasteiger partial charge in [0.15, 0.2) is 0 Å². The third-order valence-electron chi connectivity index (χ3n) is 10.1. The fourth-order valence-corrected chi connectivity index (χ4v) is 9.82. The number of aromatic nitrogens is 4. The van der Waals surface area contributed by atoms with Crippen LogP contribution in [0.25, 0.3) is 21.8 Å². The number of anilines is 2. The molecule has 0 aliphatic carbocycles. The minimum Gasteiger partial charge on any atom is -0.368 e. The van der Waals surface area contributed by atoms with E-state index in [1.54, 1.807) is 79.1 Å². The second kappa shape index (κ2) is 16.9. The van der Waals surface area contributed by atoms with Crippen molar-refractivity contribution in [2.75, 3.05) is 62.2 Å². The molecule has 2 saturated heterocycles. The highest BCUT2D eigenvalue weighted by molar-refractivity contribution is 7.90. The lowest BCUT2D eigenvalue weighted by Crippen LogP contribution is -2.46. The summed E-state index contributed by atoms with van der Waals surface area (Å²) in [6, 6.07) is 38.8. The molecule has 7 aromatic rings. The summed E-state index contributed by atoms with van der Waals surface area (Å²) in [4.78, 5) is 7.52. The van der Waals surface area contributed by atoms with E-state index in [0.29, 0.717) is 11.0 Å². The molecule has 2 fully saturated rings. The zero-order chi connectivity index (χ0) is 37.8. The maximum Gasteiger partial charge on any atom is 0.283 e. The monoisotopic (exact) mass is 810 g/mol. The number of hydrogen-bond donors (Lipinski definition) is 1. The molecule has 2 aliphatic heterocycles. The van der Waals surface area contributed by atoms with Crippen molar-refractivity contribution in [2.24, 2.45) is 0 Å². The van der Waals surface area contributed by atoms with Crippen molar-refractivity contribution in [3.8, 4) is 0 Å². The zero-order valence-corrected chi connectivity index (χ0v) is 33.1. The molecule has 0 radical (unpaired) electrons. The lowest BCUT2D eigenvalue weighted by molar-refractivity contribution is 0.250. The molecule has 0 atom stereocenters. The van der Waals surface area contributed by atoms with Crippen molar-refractivity contribution >= 4 is 65.6 Å². The molecule has 0 amide bonds. The van der Waals surface area contributed by atoms with Gasteiger partial charge in [0.1, 0.15) is 0 Å². The first-order valence-corrected chi connectivity index (χ1v) is 21.2. The lowest BCUT2D eigenvalue weighted by atomic mass is 10.1. The van der Waals surface area contributed by atoms with Gasteiger partial charge in [-0.15, -0.1) is 12.4 Å². The van der Waals surface area contributed by atoms with Crippen LogP contribution in [0.5, 0.6) is 0 Å². The Bertz CT molecular complexity index is 2610. The Morgan fingerprint density at radius 2 is 0.929 bits per heavy atom. The number of rotatable bonds is 8. The Hall–Kier alpha value is -5.25. The molecule has 1 N–H and O–H groups in total. The highest BCUT2D eigenvalue weighted by Gasteiger charge is 2.25. The van der Waals surface area contributed by atoms with Crippen LogP contribution in [0.1, 0.15) is 5.56 Å². The van der Waals surface area contributed by atoms with Crippen molar-refractivity contribution in [1.82, 2.24) is 28.6 Å². The lowest BCUT2D eigenvalue weighted by Gasteiger charge is -2.36. The third kappa shape index (κ3) is 7.88. The first-order valence-electron chi connectivity index (χ1n) is 18.3. The second-order valence-corrected chi connectivity index (χ2v) is 17.1. The van der Waals surface area contributed by atoms with Gasteiger partial charge in [-0.1, -0.05) is 78.9 Å². The Labute approximate surface area is 333 Å². The number of halogens is 1. The van der Waals surface area contributed by atoms with E-state index >= 15 is 0 Å². The molecular formula is C41H43ClN8O4S2. The molecule has 12 nitrogen and oxygen atoms in total. The fourth-order valence-electron chi connectivity index (χ4n) is 7.24. The number of nitrogens with zero attached hydrogens (tertiary/aromatic N) is 7. The number of piperazine rings is 2. The topological polar surface area (TPSA) is 126 Å². The third-order valence-corrected chi connectivity index (χ3v) is 13.3. The van der Waals surface area contributed by atoms with Gasteiger partial charge in [0.2, 0.25) is 0 Å². The highest BCUT2D eigenvalue weighted by atomic mass is 35.5. The second-order valence-electron chi connectivity index (χ2n) is 13.5. The van der Waals surface area contributed by atoms with Crippen LogP contribution in [0.4, 0.5) is 11.4 Å². The van der Waals surface area contributed by atoms with Gasteiger partial charge >= 0.3 is 0 Å². The Balaban J connectivity index is 0.000000174. The zero-order valence-electron chi connectivity index (χ0n) is 30.6. The van der Waals surface area contributed by atoms with E-state index in [9.17, 15) is 16.8 Å². The van der Waals surface area contributed by atoms with Crippen molar-refractivity contribution in [2.45, 2.75) is 16.3 Å². The van der Waals surface area contributed by atoms with E-state index in [0.717, 1.165) is 89.2 Å². The van der Waals surface area contributed by atoms with Crippen molar-refractivity contribution in [3.05, 3.63) is 145 Å². The fraction of sp³-hybridized carbons (Fsp3) is 0.220. The van der Waals surface area contributed by atoms with Crippen LogP contribution in [-0.2, 0) is 26.6 Å². The average Bonchev–Trinajstić information content (AvgIpc) is 3.89. The minimum absolute atomic E-state index is 0. The van der Waals surface area contributed by atoms with E-state index in [2.05, 4.69) is 60.5 Å². The van der Waals surface area contributed by atoms with Crippen LogP contribution in [0, 0.1) is 0 Å². The van der Waals surface area contributed by atoms with E-state index in [-0.39, 0.29) is 22.2 Å². The number of benzene rings is 5. The van der Waals surface area contributed by atoms with Gasteiger partial charge in [0.25, 0.3) is 20.0 Å². The Morgan fingerprint density at radius 3 is 1.39 bits per heavy atom. The molecule has 0 saturated carbocycles. The summed E-state index contributed by atoms with van der Waals surface area (Å²) in [5, 5.41) is 13.5. The van der Waals surface area contributed by atoms with Gasteiger partial charge in [0.05, 0.1) is 33.2 Å². The Kier molecular flexibility index (Phi) is 11.7. The molecule has 0 unspecified atom stereocenters. The smallest absolute Gasteiger partial charge is 0.283 e. The summed E-state index contributed by atoms with van der Waals surface area (Å²) in [5.74, 6) is 0. The number of fused-ring (bicyclic) bond motifs is 2. The molecule has 56 heavy (non-hydrogen) atoms. The van der Waals surface area contributed by atoms with Crippen LogP contribution in [0.3, 0.4) is 0 Å². The number of nitrogens with one attached hydrogen (secondary N) is 1. The van der Waals surface area contributed by atoms with Gasteiger partial charge in [-0.2, -0.15) is 35.2 Å². The standard InChI is InChI=1S/C24H24N4O2S.C17H18N4O2S.ClH/c29-31(30,21-10-5-2-6-11-21)28-24-13-7-12-23(22(24)18-25-28)27-16-14-26(15-17-27)19-20-8-3-1-4-9-20;22-24(23,14-5-2-1-3-6-14)21-17-8-4-7-16(15(17)13-19-21)20-11-9-18-10-12-20;/h1-13,18H,14-17,19H2;1-8,13,18H,9-12H2;1H. The molecule has 9 rings (SSSR count). The van der Waals surface area contributed by atoms with Crippen LogP contribution >= 0.6 is 12.4 Å². The van der Waals surface area contributed by atoms with Gasteiger partial charge in [-0.05, 0) is 54.1 Å². The predicted molar refractivity (Wildman–Crippen MR) is 224 cm³/mol. The van der Waals surface area contributed by atoms with Crippen LogP contribution in [0.15, 0.2) is 150 Å². The molecule has 290 valence electrons. The molecule has 5 aromatic carbocycles. The summed E-state index contributed by atoms with van der Waals surface area (Å²) in [6.07, 6.45) is 3.31. The van der Waals surface area contributed by atoms with E-state index in [1.165, 1.54) is 5.56 Å². The van der Waals surface area contributed by atoms with E-state index in [1.807, 2.05) is 30.3 Å². The summed E-state index contributed by atoms with van der Waals surface area (Å²) in [6.45, 7) is 8.30. The predicted octanol–water partition coefficient (Wildman–Crippen LogP) is 5.70. The van der Waals surface area contributed by atoms with E-state index < -0.39 is 20.0 Å². The molecule has 0 spiro atoms. The quantitative estimate of drug-likeness (QED) is 0.205. The average molecular weight is 811 g/mol. The minimum atomic E-state index is -3.73. The largest absolute Gasteiger partial charge is 0.368 e. The summed E-state index contributed by atoms with van der Waals surface area (Å²) >= 11 is 0. The summed E-state index contributed by atoms with van der Waals surface area (Å²) < 4.78 is 54.2. The molecule has 15 heteroatoms. The SMILES string of the molecule is Cl.O=S(=O)(c1ccccc1)n1ncc2c(N3CCN(Cc4ccccc4)CC3)cccc21.O=S(=O)(c1ccccc1)n1ncc2c(N3CCNCC3)cccc21. The maximum atomic E-state index is 13.1. The van der Waals surface area contributed by atoms with Crippen LogP contribution in [0.2, 0.25) is 0 Å². The highest BCUT2D eigenvalue weighted by Crippen LogP contribution is 2.31. The van der Waals surface area contributed by atoms with E-state index in [4.69, 9.17) is 0 Å². The van der Waals surface area contributed by atoms with Crippen molar-refractivity contribution in [3.63, 3.8) is 0 Å². The van der Waals surface area contributed by atoms with Gasteiger partial charge < -0.3 is 15.1 Å². The number of hydrogen-bond acceptors (Lipinski definition) is 10. The van der Waals surface area contributed by atoms with Crippen molar-refractivity contribution < 1.29 is 16.8 Å². The molecule has 4 heterocycles. The normalized spacial score (nSPS) is 15.3. The molecule has 0 bridgehead atoms. The van der Waals surface area contributed by atoms with Gasteiger partial charge in [0, 0.05) is 81.1 Å². The first kappa shape index (κ1) is 39.0.